The number of carbonyl (C=O) groups is 3. The van der Waals surface area contributed by atoms with Gasteiger partial charge in [0, 0.05) is 11.3 Å². The molecule has 1 amide bonds. The van der Waals surface area contributed by atoms with Crippen LogP contribution in [0.15, 0.2) is 78.4 Å². The Morgan fingerprint density at radius 2 is 1.57 bits per heavy atom. The van der Waals surface area contributed by atoms with Crippen LogP contribution in [0.4, 0.5) is 5.69 Å². The normalized spacial score (nSPS) is 18.2. The van der Waals surface area contributed by atoms with Crippen LogP contribution in [0.3, 0.4) is 0 Å². The van der Waals surface area contributed by atoms with E-state index in [1.807, 2.05) is 6.07 Å². The molecule has 1 fully saturated rings. The van der Waals surface area contributed by atoms with Crippen LogP contribution in [0.25, 0.3) is 5.76 Å². The van der Waals surface area contributed by atoms with Crippen molar-refractivity contribution in [2.75, 3.05) is 18.1 Å². The average molecular weight is 500 g/mol. The lowest BCUT2D eigenvalue weighted by molar-refractivity contribution is -0.132. The minimum absolute atomic E-state index is 0.0452. The van der Waals surface area contributed by atoms with Crippen molar-refractivity contribution in [3.8, 4) is 11.5 Å². The second-order valence-electron chi connectivity index (χ2n) is 8.94. The number of carbonyl (C=O) groups excluding carboxylic acids is 3. The van der Waals surface area contributed by atoms with E-state index in [1.54, 1.807) is 80.6 Å². The van der Waals surface area contributed by atoms with Crippen LogP contribution in [0.1, 0.15) is 41.4 Å². The van der Waals surface area contributed by atoms with Crippen molar-refractivity contribution in [2.24, 2.45) is 0 Å². The van der Waals surface area contributed by atoms with Crippen molar-refractivity contribution in [1.29, 1.82) is 0 Å². The number of ketones is 1. The Labute approximate surface area is 213 Å². The van der Waals surface area contributed by atoms with Gasteiger partial charge in [-0.3, -0.25) is 14.5 Å². The molecule has 2 heterocycles. The first-order chi connectivity index (χ1) is 17.8. The fourth-order valence-electron chi connectivity index (χ4n) is 4.44. The van der Waals surface area contributed by atoms with Gasteiger partial charge in [0.15, 0.2) is 11.5 Å². The Morgan fingerprint density at radius 3 is 2.24 bits per heavy atom. The number of hydrogen-bond donors (Lipinski definition) is 1. The van der Waals surface area contributed by atoms with Gasteiger partial charge in [0.05, 0.1) is 23.3 Å². The zero-order valence-electron chi connectivity index (χ0n) is 20.3. The molecule has 0 bridgehead atoms. The van der Waals surface area contributed by atoms with Gasteiger partial charge in [-0.15, -0.1) is 0 Å². The third kappa shape index (κ3) is 4.53. The summed E-state index contributed by atoms with van der Waals surface area (Å²) in [4.78, 5) is 40.3. The summed E-state index contributed by atoms with van der Waals surface area (Å²) in [5.74, 6) is -1.41. The Bertz CT molecular complexity index is 1390. The van der Waals surface area contributed by atoms with Crippen LogP contribution in [-0.4, -0.2) is 42.1 Å². The minimum atomic E-state index is -0.886. The van der Waals surface area contributed by atoms with Gasteiger partial charge in [-0.05, 0) is 61.9 Å². The maximum atomic E-state index is 13.3. The van der Waals surface area contributed by atoms with E-state index in [-0.39, 0.29) is 17.4 Å². The fourth-order valence-corrected chi connectivity index (χ4v) is 4.44. The highest BCUT2D eigenvalue weighted by Crippen LogP contribution is 2.43. The highest BCUT2D eigenvalue weighted by molar-refractivity contribution is 6.51. The molecule has 0 spiro atoms. The molecule has 2 aliphatic heterocycles. The zero-order chi connectivity index (χ0) is 26.1. The topological polar surface area (TPSA) is 102 Å². The number of Topliss-reactive ketones (excluding diaryl/α,β-unsaturated/α-hetero) is 1. The molecule has 1 unspecified atom stereocenters. The number of rotatable bonds is 5. The van der Waals surface area contributed by atoms with Crippen molar-refractivity contribution in [3.05, 3.63) is 95.1 Å². The average Bonchev–Trinajstić information content (AvgIpc) is 3.18. The molecule has 0 aromatic heterocycles. The molecular weight excluding hydrogens is 474 g/mol. The number of fused-ring (bicyclic) bond motifs is 1. The molecule has 0 aliphatic carbocycles. The van der Waals surface area contributed by atoms with Crippen LogP contribution in [0.5, 0.6) is 11.5 Å². The summed E-state index contributed by atoms with van der Waals surface area (Å²) < 4.78 is 16.4. The van der Waals surface area contributed by atoms with Gasteiger partial charge in [-0.2, -0.15) is 0 Å². The first-order valence-electron chi connectivity index (χ1n) is 11.9. The Kier molecular flexibility index (Phi) is 6.40. The summed E-state index contributed by atoms with van der Waals surface area (Å²) in [5, 5.41) is 11.3. The van der Waals surface area contributed by atoms with E-state index in [0.717, 1.165) is 0 Å². The summed E-state index contributed by atoms with van der Waals surface area (Å²) in [6.45, 7) is 4.30. The van der Waals surface area contributed by atoms with Crippen molar-refractivity contribution in [1.82, 2.24) is 0 Å². The van der Waals surface area contributed by atoms with E-state index in [9.17, 15) is 19.5 Å². The highest BCUT2D eigenvalue weighted by Gasteiger charge is 2.47. The second-order valence-corrected chi connectivity index (χ2v) is 8.94. The summed E-state index contributed by atoms with van der Waals surface area (Å²) in [7, 11) is 0. The molecule has 8 nitrogen and oxygen atoms in total. The van der Waals surface area contributed by atoms with Gasteiger partial charge in [0.25, 0.3) is 11.7 Å². The number of anilines is 1. The molecule has 1 N–H and O–H groups in total. The predicted octanol–water partition coefficient (Wildman–Crippen LogP) is 4.65. The van der Waals surface area contributed by atoms with Crippen LogP contribution in [-0.2, 0) is 14.3 Å². The molecule has 188 valence electrons. The van der Waals surface area contributed by atoms with Crippen LogP contribution in [0.2, 0.25) is 0 Å². The minimum Gasteiger partial charge on any atom is -0.507 e. The van der Waals surface area contributed by atoms with Crippen molar-refractivity contribution in [3.63, 3.8) is 0 Å². The molecule has 8 heteroatoms. The maximum Gasteiger partial charge on any atom is 0.338 e. The predicted molar refractivity (Wildman–Crippen MR) is 136 cm³/mol. The lowest BCUT2D eigenvalue weighted by Crippen LogP contribution is -2.29. The Balaban J connectivity index is 1.59. The van der Waals surface area contributed by atoms with E-state index in [0.29, 0.717) is 47.1 Å². The molecule has 1 saturated heterocycles. The number of aliphatic hydroxyl groups is 1. The first-order valence-corrected chi connectivity index (χ1v) is 11.9. The molecule has 2 aliphatic rings. The molecule has 37 heavy (non-hydrogen) atoms. The largest absolute Gasteiger partial charge is 0.507 e. The third-order valence-corrected chi connectivity index (χ3v) is 6.10. The molecule has 1 atom stereocenters. The van der Waals surface area contributed by atoms with Gasteiger partial charge in [0.2, 0.25) is 0 Å². The van der Waals surface area contributed by atoms with Crippen LogP contribution < -0.4 is 14.4 Å². The number of ether oxygens (including phenoxy) is 3. The standard InChI is InChI=1S/C29H25NO7/c1-17(2)37-29(34)19-8-11-21(12-9-19)30-25(18-6-4-3-5-7-18)24(27(32)28(30)33)26(31)20-10-13-22-23(16-20)36-15-14-35-22/h3-13,16-17,25,31H,14-15H2,1-2H3/b26-24-. The molecule has 0 radical (unpaired) electrons. The van der Waals surface area contributed by atoms with E-state index < -0.39 is 23.7 Å². The van der Waals surface area contributed by atoms with Crippen LogP contribution >= 0.6 is 0 Å². The number of hydrogen-bond acceptors (Lipinski definition) is 7. The van der Waals surface area contributed by atoms with Crippen molar-refractivity contribution in [2.45, 2.75) is 26.0 Å². The quantitative estimate of drug-likeness (QED) is 0.236. The maximum absolute atomic E-state index is 13.3. The number of amides is 1. The van der Waals surface area contributed by atoms with E-state index in [4.69, 9.17) is 14.2 Å². The molecule has 5 rings (SSSR count). The SMILES string of the molecule is CC(C)OC(=O)c1ccc(N2C(=O)C(=O)/C(=C(\O)c3ccc4c(c3)OCCO4)C2c2ccccc2)cc1. The highest BCUT2D eigenvalue weighted by atomic mass is 16.6. The Morgan fingerprint density at radius 1 is 0.919 bits per heavy atom. The lowest BCUT2D eigenvalue weighted by Gasteiger charge is -2.25. The molecule has 3 aromatic carbocycles. The van der Waals surface area contributed by atoms with Gasteiger partial charge in [-0.1, -0.05) is 30.3 Å². The monoisotopic (exact) mass is 499 g/mol. The first kappa shape index (κ1) is 24.1. The van der Waals surface area contributed by atoms with Gasteiger partial charge < -0.3 is 19.3 Å². The third-order valence-electron chi connectivity index (χ3n) is 6.10. The van der Waals surface area contributed by atoms with Gasteiger partial charge >= 0.3 is 5.97 Å². The smallest absolute Gasteiger partial charge is 0.338 e. The van der Waals surface area contributed by atoms with Crippen LogP contribution in [0, 0.1) is 0 Å². The number of nitrogens with zero attached hydrogens (tertiary/aromatic N) is 1. The summed E-state index contributed by atoms with van der Waals surface area (Å²) in [6, 6.07) is 19.2. The van der Waals surface area contributed by atoms with E-state index in [1.165, 1.54) is 4.90 Å². The molecule has 0 saturated carbocycles. The molecule has 3 aromatic rings. The summed E-state index contributed by atoms with van der Waals surface area (Å²) in [5.41, 5.74) is 1.65. The summed E-state index contributed by atoms with van der Waals surface area (Å²) >= 11 is 0. The van der Waals surface area contributed by atoms with Crippen molar-refractivity contribution < 1.29 is 33.7 Å². The lowest BCUT2D eigenvalue weighted by atomic mass is 9.95. The van der Waals surface area contributed by atoms with Gasteiger partial charge in [0.1, 0.15) is 19.0 Å². The van der Waals surface area contributed by atoms with Gasteiger partial charge in [-0.25, -0.2) is 4.79 Å². The number of esters is 1. The number of aliphatic hydroxyl groups excluding tert-OH is 1. The fraction of sp³-hybridized carbons (Fsp3) is 0.207. The van der Waals surface area contributed by atoms with E-state index in [2.05, 4.69) is 0 Å². The molecular formula is C29H25NO7. The van der Waals surface area contributed by atoms with E-state index >= 15 is 0 Å². The zero-order valence-corrected chi connectivity index (χ0v) is 20.3. The summed E-state index contributed by atoms with van der Waals surface area (Å²) in [6.07, 6.45) is -0.274. The Hall–Kier alpha value is -4.59. The number of benzene rings is 3. The van der Waals surface area contributed by atoms with Crippen molar-refractivity contribution >= 4 is 29.1 Å². The second kappa shape index (κ2) is 9.81.